The fourth-order valence-electron chi connectivity index (χ4n) is 5.18. The second-order valence-corrected chi connectivity index (χ2v) is 8.74. The Balaban J connectivity index is 1.52. The molecule has 1 heterocycles. The van der Waals surface area contributed by atoms with Gasteiger partial charge in [-0.1, -0.05) is 19.1 Å². The Hall–Kier alpha value is -2.12. The van der Waals surface area contributed by atoms with Gasteiger partial charge in [0.05, 0.1) is 12.7 Å². The molecule has 0 bridgehead atoms. The van der Waals surface area contributed by atoms with Gasteiger partial charge in [0.2, 0.25) is 0 Å². The number of carbonyl (C=O) groups is 2. The lowest BCUT2D eigenvalue weighted by Gasteiger charge is -2.32. The molecular formula is C23H30O7. The van der Waals surface area contributed by atoms with Crippen molar-refractivity contribution in [1.82, 2.24) is 0 Å². The van der Waals surface area contributed by atoms with Gasteiger partial charge in [0, 0.05) is 0 Å². The van der Waals surface area contributed by atoms with Crippen molar-refractivity contribution in [2.24, 2.45) is 17.8 Å². The Kier molecular flexibility index (Phi) is 6.29. The maximum Gasteiger partial charge on any atom is 0.341 e. The molecule has 6 atom stereocenters. The van der Waals surface area contributed by atoms with E-state index >= 15 is 0 Å². The van der Waals surface area contributed by atoms with Gasteiger partial charge in [0.15, 0.2) is 12.7 Å². The highest BCUT2D eigenvalue weighted by molar-refractivity contribution is 5.77. The van der Waals surface area contributed by atoms with Gasteiger partial charge < -0.3 is 24.4 Å². The van der Waals surface area contributed by atoms with Crippen LogP contribution in [0.5, 0.6) is 5.75 Å². The number of aliphatic carboxylic acids is 1. The van der Waals surface area contributed by atoms with Crippen LogP contribution in [0.15, 0.2) is 18.2 Å². The number of epoxide rings is 1. The second-order valence-electron chi connectivity index (χ2n) is 8.74. The third-order valence-corrected chi connectivity index (χ3v) is 6.84. The molecule has 164 valence electrons. The van der Waals surface area contributed by atoms with Gasteiger partial charge in [-0.2, -0.15) is 0 Å². The van der Waals surface area contributed by atoms with Crippen LogP contribution in [0.3, 0.4) is 0 Å². The predicted molar refractivity (Wildman–Crippen MR) is 107 cm³/mol. The summed E-state index contributed by atoms with van der Waals surface area (Å²) in [5.74, 6) is 0.283. The van der Waals surface area contributed by atoms with Crippen LogP contribution >= 0.6 is 0 Å². The van der Waals surface area contributed by atoms with Gasteiger partial charge in [0.25, 0.3) is 0 Å². The Bertz CT molecular complexity index is 788. The molecule has 1 aromatic carbocycles. The lowest BCUT2D eigenvalue weighted by Crippen LogP contribution is -2.30. The molecule has 30 heavy (non-hydrogen) atoms. The second kappa shape index (κ2) is 8.94. The van der Waals surface area contributed by atoms with Gasteiger partial charge >= 0.3 is 11.9 Å². The van der Waals surface area contributed by atoms with E-state index in [1.807, 2.05) is 19.1 Å². The molecule has 1 aliphatic heterocycles. The van der Waals surface area contributed by atoms with Crippen molar-refractivity contribution in [1.29, 1.82) is 0 Å². The Morgan fingerprint density at radius 1 is 1.30 bits per heavy atom. The van der Waals surface area contributed by atoms with Gasteiger partial charge in [0.1, 0.15) is 11.9 Å². The van der Waals surface area contributed by atoms with Crippen LogP contribution in [0.2, 0.25) is 0 Å². The number of aliphatic hydroxyl groups excluding tert-OH is 1. The minimum absolute atomic E-state index is 0.168. The van der Waals surface area contributed by atoms with Crippen LogP contribution in [-0.4, -0.2) is 53.7 Å². The number of aliphatic hydroxyl groups is 1. The lowest BCUT2D eigenvalue weighted by atomic mass is 9.73. The van der Waals surface area contributed by atoms with Gasteiger partial charge in [-0.05, 0) is 73.5 Å². The predicted octanol–water partition coefficient (Wildman–Crippen LogP) is 2.36. The first-order chi connectivity index (χ1) is 14.5. The molecule has 7 heteroatoms. The zero-order valence-electron chi connectivity index (χ0n) is 17.3. The summed E-state index contributed by atoms with van der Waals surface area (Å²) in [6, 6.07) is 5.81. The van der Waals surface area contributed by atoms with E-state index in [2.05, 4.69) is 6.07 Å². The molecule has 7 nitrogen and oxygen atoms in total. The van der Waals surface area contributed by atoms with E-state index in [1.54, 1.807) is 0 Å². The van der Waals surface area contributed by atoms with Gasteiger partial charge in [-0.25, -0.2) is 9.59 Å². The van der Waals surface area contributed by atoms with Crippen LogP contribution in [0, 0.1) is 17.8 Å². The van der Waals surface area contributed by atoms with Crippen molar-refractivity contribution in [2.45, 2.75) is 63.8 Å². The van der Waals surface area contributed by atoms with Crippen LogP contribution < -0.4 is 4.74 Å². The fraction of sp³-hybridized carbons (Fsp3) is 0.652. The quantitative estimate of drug-likeness (QED) is 0.468. The number of rotatable bonds is 9. The van der Waals surface area contributed by atoms with Crippen molar-refractivity contribution in [3.05, 3.63) is 29.3 Å². The zero-order chi connectivity index (χ0) is 21.3. The van der Waals surface area contributed by atoms with Crippen molar-refractivity contribution in [3.63, 3.8) is 0 Å². The summed E-state index contributed by atoms with van der Waals surface area (Å²) in [5, 5.41) is 19.0. The Morgan fingerprint density at radius 3 is 2.80 bits per heavy atom. The molecule has 3 aliphatic rings. The number of carboxylic acid groups (broad SMARTS) is 1. The molecule has 1 saturated heterocycles. The summed E-state index contributed by atoms with van der Waals surface area (Å²) in [6.45, 7) is 2.05. The smallest absolute Gasteiger partial charge is 0.341 e. The summed E-state index contributed by atoms with van der Waals surface area (Å²) in [5.41, 5.74) is 2.25. The van der Waals surface area contributed by atoms with Gasteiger partial charge in [-0.3, -0.25) is 0 Å². The number of fused-ring (bicyclic) bond motifs is 2. The molecule has 0 aromatic heterocycles. The van der Waals surface area contributed by atoms with Crippen molar-refractivity contribution in [2.75, 3.05) is 13.2 Å². The highest BCUT2D eigenvalue weighted by atomic mass is 16.6. The third-order valence-electron chi connectivity index (χ3n) is 6.84. The number of hydrogen-bond acceptors (Lipinski definition) is 6. The summed E-state index contributed by atoms with van der Waals surface area (Å²) >= 11 is 0. The molecule has 0 radical (unpaired) electrons. The molecular weight excluding hydrogens is 388 g/mol. The summed E-state index contributed by atoms with van der Waals surface area (Å²) in [4.78, 5) is 23.2. The number of carbonyl (C=O) groups excluding carboxylic acids is 1. The number of ether oxygens (including phenoxy) is 3. The Labute approximate surface area is 176 Å². The number of benzene rings is 1. The van der Waals surface area contributed by atoms with Crippen LogP contribution in [0.1, 0.15) is 43.7 Å². The SMILES string of the molecule is CC[C@H](O)CC[C@@H]1[C@H]2Cc3cccc(OCC(=O)O)c3C[C@H]2C[C@H]1OC(=O)C1CO1. The molecule has 1 aromatic rings. The van der Waals surface area contributed by atoms with Crippen LogP contribution in [0.4, 0.5) is 0 Å². The maximum absolute atomic E-state index is 12.3. The standard InChI is InChI=1S/C23H30O7/c1-2-15(24)6-7-16-17-8-13-4-3-5-19(29-12-22(25)26)18(13)9-14(17)10-20(16)30-23(27)21-11-28-21/h3-5,14-17,20-21,24H,2,6-12H2,1H3,(H,25,26)/t14-,15-,16+,17-,20+,21?/m0/s1. The first-order valence-corrected chi connectivity index (χ1v) is 10.9. The third kappa shape index (κ3) is 4.62. The average Bonchev–Trinajstić information content (AvgIpc) is 3.52. The Morgan fingerprint density at radius 2 is 2.10 bits per heavy atom. The van der Waals surface area contributed by atoms with E-state index in [0.717, 1.165) is 31.2 Å². The number of hydrogen-bond donors (Lipinski definition) is 2. The number of esters is 1. The normalized spacial score (nSPS) is 30.1. The number of carboxylic acids is 1. The molecule has 0 spiro atoms. The van der Waals surface area contributed by atoms with Crippen LogP contribution in [0.25, 0.3) is 0 Å². The minimum atomic E-state index is -0.994. The summed E-state index contributed by atoms with van der Waals surface area (Å²) in [6.07, 6.45) is 3.75. The maximum atomic E-state index is 12.3. The average molecular weight is 418 g/mol. The monoisotopic (exact) mass is 418 g/mol. The molecule has 1 unspecified atom stereocenters. The largest absolute Gasteiger partial charge is 0.482 e. The zero-order valence-corrected chi connectivity index (χ0v) is 17.3. The van der Waals surface area contributed by atoms with E-state index in [-0.39, 0.29) is 30.7 Å². The summed E-state index contributed by atoms with van der Waals surface area (Å²) in [7, 11) is 0. The minimum Gasteiger partial charge on any atom is -0.482 e. The van der Waals surface area contributed by atoms with E-state index < -0.39 is 12.1 Å². The van der Waals surface area contributed by atoms with Crippen molar-refractivity contribution in [3.8, 4) is 5.75 Å². The molecule has 4 rings (SSSR count). The molecule has 0 amide bonds. The highest BCUT2D eigenvalue weighted by Crippen LogP contribution is 2.49. The molecule has 2 N–H and O–H groups in total. The van der Waals surface area contributed by atoms with Crippen molar-refractivity contribution >= 4 is 11.9 Å². The lowest BCUT2D eigenvalue weighted by molar-refractivity contribution is -0.153. The fourth-order valence-corrected chi connectivity index (χ4v) is 5.18. The molecule has 2 aliphatic carbocycles. The van der Waals surface area contributed by atoms with E-state index in [0.29, 0.717) is 37.0 Å². The highest BCUT2D eigenvalue weighted by Gasteiger charge is 2.48. The topological polar surface area (TPSA) is 106 Å². The molecule has 2 fully saturated rings. The first kappa shape index (κ1) is 21.1. The van der Waals surface area contributed by atoms with Gasteiger partial charge in [-0.15, -0.1) is 0 Å². The van der Waals surface area contributed by atoms with Crippen LogP contribution in [-0.2, 0) is 31.9 Å². The van der Waals surface area contributed by atoms with E-state index in [4.69, 9.17) is 19.3 Å². The summed E-state index contributed by atoms with van der Waals surface area (Å²) < 4.78 is 16.5. The molecule has 1 saturated carbocycles. The first-order valence-electron chi connectivity index (χ1n) is 10.9. The van der Waals surface area contributed by atoms with E-state index in [1.165, 1.54) is 5.56 Å². The van der Waals surface area contributed by atoms with E-state index in [9.17, 15) is 14.7 Å². The van der Waals surface area contributed by atoms with Crippen molar-refractivity contribution < 1.29 is 34.0 Å².